The maximum absolute atomic E-state index is 14.5. The highest BCUT2D eigenvalue weighted by Crippen LogP contribution is 2.53. The van der Waals surface area contributed by atoms with Gasteiger partial charge in [-0.3, -0.25) is 9.69 Å². The van der Waals surface area contributed by atoms with E-state index >= 15 is 0 Å². The fraction of sp³-hybridized carbons (Fsp3) is 0.463. The van der Waals surface area contributed by atoms with Gasteiger partial charge in [-0.2, -0.15) is 0 Å². The molecule has 0 spiro atoms. The predicted octanol–water partition coefficient (Wildman–Crippen LogP) is 9.81. The Morgan fingerprint density at radius 3 is 2.42 bits per heavy atom. The second-order valence-corrected chi connectivity index (χ2v) is 20.8. The molecule has 19 heteroatoms. The van der Waals surface area contributed by atoms with E-state index in [1.165, 1.54) is 29.8 Å². The highest BCUT2D eigenvalue weighted by atomic mass is 35.5. The van der Waals surface area contributed by atoms with Crippen molar-refractivity contribution in [1.82, 2.24) is 29.7 Å². The minimum absolute atomic E-state index is 0.0169. The minimum Gasteiger partial charge on any atom is -0.493 e. The summed E-state index contributed by atoms with van der Waals surface area (Å²) in [6, 6.07) is 13.7. The van der Waals surface area contributed by atoms with E-state index in [0.29, 0.717) is 112 Å². The van der Waals surface area contributed by atoms with Gasteiger partial charge in [0.2, 0.25) is 12.2 Å². The van der Waals surface area contributed by atoms with Gasteiger partial charge in [-0.05, 0) is 105 Å². The Hall–Kier alpha value is -5.24. The molecule has 3 aromatic carbocycles. The molecule has 1 saturated carbocycles. The van der Waals surface area contributed by atoms with Gasteiger partial charge in [0.25, 0.3) is 6.47 Å². The van der Waals surface area contributed by atoms with Crippen molar-refractivity contribution in [3.63, 3.8) is 0 Å². The summed E-state index contributed by atoms with van der Waals surface area (Å²) < 4.78 is 64.3. The van der Waals surface area contributed by atoms with E-state index in [2.05, 4.69) is 26.8 Å². The zero-order valence-corrected chi connectivity index (χ0v) is 43.5. The van der Waals surface area contributed by atoms with Crippen LogP contribution in [0.15, 0.2) is 61.1 Å². The van der Waals surface area contributed by atoms with Crippen LogP contribution in [0.4, 0.5) is 4.39 Å². The summed E-state index contributed by atoms with van der Waals surface area (Å²) in [5, 5.41) is 1.24. The molecule has 5 aliphatic rings. The summed E-state index contributed by atoms with van der Waals surface area (Å²) in [7, 11) is 2.13. The smallest absolute Gasteiger partial charge is 0.296 e. The van der Waals surface area contributed by atoms with Crippen LogP contribution in [0.2, 0.25) is 10.0 Å². The quantitative estimate of drug-likeness (QED) is 0.107. The lowest BCUT2D eigenvalue weighted by molar-refractivity contribution is -0.147. The van der Waals surface area contributed by atoms with E-state index in [1.807, 2.05) is 38.1 Å². The molecule has 0 N–H and O–H groups in total. The molecule has 386 valence electrons. The van der Waals surface area contributed by atoms with Crippen molar-refractivity contribution in [2.24, 2.45) is 0 Å². The number of hydrogen-bond donors (Lipinski definition) is 0. The maximum Gasteiger partial charge on any atom is 0.296 e. The summed E-state index contributed by atoms with van der Waals surface area (Å²) in [5.74, 6) is 2.22. The van der Waals surface area contributed by atoms with E-state index < -0.39 is 6.29 Å². The van der Waals surface area contributed by atoms with Crippen LogP contribution in [0.25, 0.3) is 31.8 Å². The number of rotatable bonds is 12. The normalized spacial score (nSPS) is 22.1. The standard InChI is InChI=1S/C54H59Cl2FN6O9S/c1-32-45-33(2)49(56)50(48(32)55)71-41(26-63-19-17-62(3)18-20-63)15-21-66-40-12-13-43(69-27-38-14-16-58-52(61-38)35-6-10-39(11-7-35)68-29-42-28-65-22-23-67-42)36(24-40)25-44(70-31-64)72-53-47-46(45)51(73-54(47)60-30-59-53)34-4-8-37(57)9-5-34/h4-5,8-9,12-14,16,24,30-31,35,39,41-42,44H,6-7,10-11,15,17-23,25-29H2,1-3H3/t35?,39?,41-,42-,44+/m0/s1. The lowest BCUT2D eigenvalue weighted by Crippen LogP contribution is -2.48. The number of likely N-dealkylation sites (N-methyl/N-ethyl adjacent to an activating group) is 1. The molecule has 3 atom stereocenters. The molecule has 0 radical (unpaired) electrons. The highest BCUT2D eigenvalue weighted by Gasteiger charge is 2.32. The van der Waals surface area contributed by atoms with Gasteiger partial charge in [0.05, 0.1) is 66.7 Å². The zero-order chi connectivity index (χ0) is 50.4. The molecule has 7 heterocycles. The summed E-state index contributed by atoms with van der Waals surface area (Å²) in [4.78, 5) is 37.4. The molecule has 6 aromatic rings. The number of carbonyl (C=O) groups excluding carboxylic acids is 1. The third-order valence-corrected chi connectivity index (χ3v) is 16.1. The fourth-order valence-corrected chi connectivity index (χ4v) is 11.7. The topological polar surface area (TPSA) is 149 Å². The maximum atomic E-state index is 14.5. The number of hydrogen-bond acceptors (Lipinski definition) is 16. The second-order valence-electron chi connectivity index (χ2n) is 19.1. The Labute approximate surface area is 438 Å². The van der Waals surface area contributed by atoms with Crippen LogP contribution in [0.3, 0.4) is 0 Å². The van der Waals surface area contributed by atoms with Gasteiger partial charge in [0.15, 0.2) is 5.75 Å². The van der Waals surface area contributed by atoms with Crippen molar-refractivity contribution in [3.05, 3.63) is 105 Å². The number of aromatic nitrogens is 4. The number of fused-ring (bicyclic) bond motifs is 8. The molecule has 1 aliphatic carbocycles. The Balaban J connectivity index is 0.974. The Kier molecular flexibility index (Phi) is 16.5. The van der Waals surface area contributed by atoms with Crippen LogP contribution >= 0.6 is 34.5 Å². The van der Waals surface area contributed by atoms with Crippen LogP contribution in [0, 0.1) is 19.7 Å². The molecule has 2 saturated heterocycles. The summed E-state index contributed by atoms with van der Waals surface area (Å²) in [6.07, 6.45) is 5.98. The first-order valence-electron chi connectivity index (χ1n) is 24.9. The number of piperazine rings is 1. The fourth-order valence-electron chi connectivity index (χ4n) is 10.1. The van der Waals surface area contributed by atoms with Crippen molar-refractivity contribution >= 4 is 51.2 Å². The predicted molar refractivity (Wildman–Crippen MR) is 276 cm³/mol. The van der Waals surface area contributed by atoms with Gasteiger partial charge in [0.1, 0.15) is 53.1 Å². The van der Waals surface area contributed by atoms with Crippen molar-refractivity contribution in [1.29, 1.82) is 0 Å². The molecule has 4 bridgehead atoms. The van der Waals surface area contributed by atoms with Gasteiger partial charge in [-0.1, -0.05) is 35.3 Å². The largest absolute Gasteiger partial charge is 0.493 e. The Bertz CT molecular complexity index is 2850. The summed E-state index contributed by atoms with van der Waals surface area (Å²) in [6.45, 7) is 11.3. The van der Waals surface area contributed by atoms with Crippen LogP contribution in [0.5, 0.6) is 23.1 Å². The van der Waals surface area contributed by atoms with Crippen LogP contribution in [-0.2, 0) is 36.8 Å². The average Bonchev–Trinajstić information content (AvgIpc) is 3.79. The monoisotopic (exact) mass is 1060 g/mol. The molecule has 3 fully saturated rings. The molecule has 0 amide bonds. The number of ether oxygens (including phenoxy) is 8. The third-order valence-electron chi connectivity index (χ3n) is 14.1. The lowest BCUT2D eigenvalue weighted by atomic mass is 9.86. The first-order valence-corrected chi connectivity index (χ1v) is 26.5. The Morgan fingerprint density at radius 1 is 0.877 bits per heavy atom. The summed E-state index contributed by atoms with van der Waals surface area (Å²) >= 11 is 16.1. The number of carbonyl (C=O) groups is 1. The van der Waals surface area contributed by atoms with Gasteiger partial charge >= 0.3 is 0 Å². The third kappa shape index (κ3) is 12.0. The zero-order valence-electron chi connectivity index (χ0n) is 41.2. The van der Waals surface area contributed by atoms with E-state index in [-0.39, 0.29) is 49.0 Å². The molecule has 11 rings (SSSR count). The molecule has 3 aromatic heterocycles. The molecule has 15 nitrogen and oxygen atoms in total. The summed E-state index contributed by atoms with van der Waals surface area (Å²) in [5.41, 5.74) is 4.90. The number of halogens is 3. The second kappa shape index (κ2) is 23.5. The van der Waals surface area contributed by atoms with E-state index in [9.17, 15) is 9.18 Å². The van der Waals surface area contributed by atoms with Gasteiger partial charge in [-0.25, -0.2) is 24.3 Å². The van der Waals surface area contributed by atoms with Crippen LogP contribution < -0.4 is 18.9 Å². The number of nitrogens with zero attached hydrogens (tertiary/aromatic N) is 6. The van der Waals surface area contributed by atoms with Gasteiger partial charge < -0.3 is 42.8 Å². The number of benzene rings is 3. The van der Waals surface area contributed by atoms with Gasteiger partial charge in [-0.15, -0.1) is 11.3 Å². The molecular formula is C54H59Cl2FN6O9S. The average molecular weight is 1060 g/mol. The van der Waals surface area contributed by atoms with Crippen molar-refractivity contribution in [3.8, 4) is 44.7 Å². The van der Waals surface area contributed by atoms with E-state index in [1.54, 1.807) is 18.3 Å². The SMILES string of the molecule is Cc1c(Cl)c2c(Cl)c(C)c1-c1c(-c3ccc(F)cc3)sc3ncnc(c13)O[C@@H](OC=O)Cc1cc(ccc1OCc1ccnc(C3CCC(OC[C@@H]4COCCO4)CC3)n1)OCC[C@@H](CN1CCN(C)CC1)O2. The van der Waals surface area contributed by atoms with Crippen molar-refractivity contribution in [2.45, 2.75) is 89.5 Å². The van der Waals surface area contributed by atoms with Crippen molar-refractivity contribution < 1.29 is 47.1 Å². The van der Waals surface area contributed by atoms with Crippen LogP contribution in [0.1, 0.15) is 66.2 Å². The highest BCUT2D eigenvalue weighted by molar-refractivity contribution is 7.22. The van der Waals surface area contributed by atoms with E-state index in [0.717, 1.165) is 79.4 Å². The molecular weight excluding hydrogens is 999 g/mol. The lowest BCUT2D eigenvalue weighted by Gasteiger charge is -2.35. The van der Waals surface area contributed by atoms with E-state index in [4.69, 9.17) is 71.1 Å². The molecule has 4 aliphatic heterocycles. The van der Waals surface area contributed by atoms with Gasteiger partial charge in [0, 0.05) is 67.3 Å². The number of thiophene rings is 1. The van der Waals surface area contributed by atoms with Crippen LogP contribution in [-0.4, -0.2) is 134 Å². The molecule has 0 unspecified atom stereocenters. The molecule has 73 heavy (non-hydrogen) atoms. The first kappa shape index (κ1) is 51.3. The Morgan fingerprint density at radius 2 is 1.67 bits per heavy atom. The minimum atomic E-state index is -1.19. The first-order chi connectivity index (χ1) is 35.6. The van der Waals surface area contributed by atoms with Crippen molar-refractivity contribution in [2.75, 3.05) is 72.8 Å².